The third-order valence-electron chi connectivity index (χ3n) is 6.28. The molecule has 2 aliphatic rings. The van der Waals surface area contributed by atoms with E-state index in [1.165, 1.54) is 19.8 Å². The van der Waals surface area contributed by atoms with E-state index in [1.807, 2.05) is 0 Å². The molecule has 34 heavy (non-hydrogen) atoms. The van der Waals surface area contributed by atoms with Gasteiger partial charge in [-0.3, -0.25) is 4.57 Å². The van der Waals surface area contributed by atoms with Crippen LogP contribution in [0.1, 0.15) is 57.5 Å². The van der Waals surface area contributed by atoms with Crippen molar-refractivity contribution < 1.29 is 34.0 Å². The highest BCUT2D eigenvalue weighted by atomic mass is 31.2. The van der Waals surface area contributed by atoms with Crippen LogP contribution in [-0.4, -0.2) is 77.1 Å². The van der Waals surface area contributed by atoms with Gasteiger partial charge in [0.05, 0.1) is 30.9 Å². The lowest BCUT2D eigenvalue weighted by Crippen LogP contribution is -2.36. The number of aliphatic hydroxyl groups is 2. The monoisotopic (exact) mass is 495 g/mol. The smallest absolute Gasteiger partial charge is 0.359 e. The van der Waals surface area contributed by atoms with E-state index in [1.54, 1.807) is 10.9 Å². The number of nitrogens with one attached hydrogen (secondary N) is 1. The Hall–Kier alpha value is -2.10. The number of hydrogen-bond donors (Lipinski definition) is 5. The standard InChI is InChI=1S/C21H30N5O7P/c1-21(13-28,34(29,30)31)32-12-15-8-9-18(33-15)26-20-16(11-22-26)19(23-14-5-2-3-6-14)24-17(25-20)7-4-10-27/h11,14-15,18,27-28H,2-3,5-6,8-10,12-13H2,1H3,(H,23,24,25)(H2,29,30,31)/t15-,18+,21?/m0/s1. The van der Waals surface area contributed by atoms with Crippen LogP contribution in [0.4, 0.5) is 5.82 Å². The summed E-state index contributed by atoms with van der Waals surface area (Å²) in [6, 6.07) is 0.319. The van der Waals surface area contributed by atoms with Gasteiger partial charge < -0.3 is 34.8 Å². The fourth-order valence-corrected chi connectivity index (χ4v) is 4.59. The summed E-state index contributed by atoms with van der Waals surface area (Å²) in [5.41, 5.74) is 0.541. The van der Waals surface area contributed by atoms with E-state index in [0.717, 1.165) is 18.2 Å². The molecule has 186 valence electrons. The van der Waals surface area contributed by atoms with Gasteiger partial charge in [-0.05, 0) is 38.5 Å². The molecule has 1 aliphatic heterocycles. The number of aromatic nitrogens is 4. The molecule has 0 aromatic carbocycles. The molecule has 1 unspecified atom stereocenters. The topological polar surface area (TPSA) is 172 Å². The average molecular weight is 495 g/mol. The summed E-state index contributed by atoms with van der Waals surface area (Å²) in [5.74, 6) is 6.25. The van der Waals surface area contributed by atoms with E-state index in [4.69, 9.17) is 14.6 Å². The van der Waals surface area contributed by atoms with E-state index in [0.29, 0.717) is 30.3 Å². The number of aliphatic hydroxyl groups excluding tert-OH is 2. The lowest BCUT2D eigenvalue weighted by molar-refractivity contribution is -0.0883. The molecular weight excluding hydrogens is 465 g/mol. The molecule has 4 rings (SSSR count). The van der Waals surface area contributed by atoms with Crippen molar-refractivity contribution in [2.45, 2.75) is 69.2 Å². The van der Waals surface area contributed by atoms with Crippen LogP contribution in [0.2, 0.25) is 0 Å². The third kappa shape index (κ3) is 5.26. The van der Waals surface area contributed by atoms with E-state index in [9.17, 15) is 19.5 Å². The summed E-state index contributed by atoms with van der Waals surface area (Å²) in [5, 5.41) is 25.2. The van der Waals surface area contributed by atoms with Crippen LogP contribution in [0.5, 0.6) is 0 Å². The molecule has 0 spiro atoms. The van der Waals surface area contributed by atoms with Crippen molar-refractivity contribution in [3.8, 4) is 11.8 Å². The second kappa shape index (κ2) is 10.3. The zero-order chi connectivity index (χ0) is 24.3. The van der Waals surface area contributed by atoms with E-state index >= 15 is 0 Å². The zero-order valence-corrected chi connectivity index (χ0v) is 19.8. The van der Waals surface area contributed by atoms with Crippen molar-refractivity contribution in [1.82, 2.24) is 19.7 Å². The molecule has 2 fully saturated rings. The fraction of sp³-hybridized carbons (Fsp3) is 0.667. The van der Waals surface area contributed by atoms with Gasteiger partial charge in [0.15, 0.2) is 17.2 Å². The number of hydrogen-bond acceptors (Lipinski definition) is 9. The van der Waals surface area contributed by atoms with Crippen molar-refractivity contribution in [2.75, 3.05) is 25.1 Å². The number of rotatable bonds is 8. The first-order valence-corrected chi connectivity index (χ1v) is 12.9. The molecule has 3 heterocycles. The Balaban J connectivity index is 1.54. The quantitative estimate of drug-likeness (QED) is 0.262. The Kier molecular flexibility index (Phi) is 7.54. The first kappa shape index (κ1) is 25.0. The number of fused-ring (bicyclic) bond motifs is 1. The van der Waals surface area contributed by atoms with Gasteiger partial charge in [-0.1, -0.05) is 18.8 Å². The van der Waals surface area contributed by atoms with Crippen LogP contribution in [-0.2, 0) is 14.0 Å². The summed E-state index contributed by atoms with van der Waals surface area (Å²) in [6.07, 6.45) is 6.39. The third-order valence-corrected chi connectivity index (χ3v) is 7.78. The molecular formula is C21H30N5O7P. The second-order valence-electron chi connectivity index (χ2n) is 8.79. The van der Waals surface area contributed by atoms with Crippen molar-refractivity contribution in [3.05, 3.63) is 12.0 Å². The Morgan fingerprint density at radius 3 is 2.71 bits per heavy atom. The summed E-state index contributed by atoms with van der Waals surface area (Å²) < 4.78 is 24.7. The summed E-state index contributed by atoms with van der Waals surface area (Å²) in [4.78, 5) is 28.0. The minimum atomic E-state index is -4.67. The van der Waals surface area contributed by atoms with Crippen LogP contribution in [0, 0.1) is 11.8 Å². The molecule has 12 nitrogen and oxygen atoms in total. The van der Waals surface area contributed by atoms with Gasteiger partial charge in [-0.25, -0.2) is 14.6 Å². The molecule has 2 aromatic heterocycles. The predicted octanol–water partition coefficient (Wildman–Crippen LogP) is 1.10. The van der Waals surface area contributed by atoms with Crippen LogP contribution < -0.4 is 5.32 Å². The van der Waals surface area contributed by atoms with Crippen molar-refractivity contribution in [1.29, 1.82) is 0 Å². The lowest BCUT2D eigenvalue weighted by atomic mass is 10.2. The minimum absolute atomic E-state index is 0.0887. The highest BCUT2D eigenvalue weighted by molar-refractivity contribution is 7.53. The Bertz CT molecular complexity index is 1120. The van der Waals surface area contributed by atoms with Crippen LogP contribution >= 0.6 is 7.60 Å². The lowest BCUT2D eigenvalue weighted by Gasteiger charge is -2.29. The van der Waals surface area contributed by atoms with Crippen LogP contribution in [0.3, 0.4) is 0 Å². The molecule has 1 aliphatic carbocycles. The Labute approximate surface area is 196 Å². The number of anilines is 1. The maximum Gasteiger partial charge on any atom is 0.359 e. The van der Waals surface area contributed by atoms with Crippen molar-refractivity contribution >= 4 is 24.4 Å². The molecule has 0 amide bonds. The average Bonchev–Trinajstić information content (AvgIpc) is 3.56. The molecule has 13 heteroatoms. The maximum atomic E-state index is 11.7. The van der Waals surface area contributed by atoms with Gasteiger partial charge in [0.2, 0.25) is 5.82 Å². The summed E-state index contributed by atoms with van der Waals surface area (Å²) in [6.45, 7) is -0.0378. The highest BCUT2D eigenvalue weighted by Gasteiger charge is 2.44. The van der Waals surface area contributed by atoms with Gasteiger partial charge >= 0.3 is 7.60 Å². The Morgan fingerprint density at radius 1 is 1.26 bits per heavy atom. The van der Waals surface area contributed by atoms with Crippen molar-refractivity contribution in [2.24, 2.45) is 0 Å². The van der Waals surface area contributed by atoms with E-state index in [-0.39, 0.29) is 19.0 Å². The normalized spacial score (nSPS) is 23.1. The van der Waals surface area contributed by atoms with E-state index < -0.39 is 31.9 Å². The summed E-state index contributed by atoms with van der Waals surface area (Å²) in [7, 11) is -4.67. The largest absolute Gasteiger partial charge is 0.393 e. The van der Waals surface area contributed by atoms with Gasteiger partial charge in [-0.2, -0.15) is 5.10 Å². The first-order valence-electron chi connectivity index (χ1n) is 11.3. The van der Waals surface area contributed by atoms with Gasteiger partial charge in [0.25, 0.3) is 0 Å². The first-order chi connectivity index (χ1) is 16.2. The maximum absolute atomic E-state index is 11.7. The molecule has 5 N–H and O–H groups in total. The molecule has 1 saturated carbocycles. The predicted molar refractivity (Wildman–Crippen MR) is 122 cm³/mol. The number of ether oxygens (including phenoxy) is 2. The zero-order valence-electron chi connectivity index (χ0n) is 18.9. The molecule has 1 saturated heterocycles. The van der Waals surface area contributed by atoms with Crippen molar-refractivity contribution in [3.63, 3.8) is 0 Å². The summed E-state index contributed by atoms with van der Waals surface area (Å²) >= 11 is 0. The van der Waals surface area contributed by atoms with Gasteiger partial charge in [0.1, 0.15) is 12.4 Å². The number of nitrogens with zero attached hydrogens (tertiary/aromatic N) is 4. The van der Waals surface area contributed by atoms with Gasteiger partial charge in [0, 0.05) is 6.04 Å². The van der Waals surface area contributed by atoms with Crippen LogP contribution in [0.15, 0.2) is 6.20 Å². The molecule has 0 bridgehead atoms. The molecule has 0 radical (unpaired) electrons. The Morgan fingerprint density at radius 2 is 2.03 bits per heavy atom. The molecule has 2 aromatic rings. The van der Waals surface area contributed by atoms with Crippen LogP contribution in [0.25, 0.3) is 11.0 Å². The minimum Gasteiger partial charge on any atom is -0.393 e. The molecule has 3 atom stereocenters. The second-order valence-corrected chi connectivity index (χ2v) is 10.8. The SMILES string of the molecule is CC(CO)(OC[C@@H]1CC[C@H](n2ncc3c(NC4CCCC4)nc(C#CCO)nc32)O1)P(=O)(O)O. The fourth-order valence-electron chi connectivity index (χ4n) is 4.17. The van der Waals surface area contributed by atoms with Gasteiger partial charge in [-0.15, -0.1) is 0 Å². The highest BCUT2D eigenvalue weighted by Crippen LogP contribution is 2.51. The van der Waals surface area contributed by atoms with E-state index in [2.05, 4.69) is 32.2 Å².